The summed E-state index contributed by atoms with van der Waals surface area (Å²) in [6, 6.07) is 11.2. The van der Waals surface area contributed by atoms with Crippen molar-refractivity contribution >= 4 is 50.7 Å². The Labute approximate surface area is 230 Å². The number of nitrogens with one attached hydrogen (secondary N) is 1. The zero-order valence-electron chi connectivity index (χ0n) is 21.5. The summed E-state index contributed by atoms with van der Waals surface area (Å²) in [6.45, 7) is 3.19. The van der Waals surface area contributed by atoms with Crippen LogP contribution in [-0.4, -0.2) is 50.0 Å². The molecule has 0 bridgehead atoms. The maximum atomic E-state index is 13.8. The van der Waals surface area contributed by atoms with Crippen LogP contribution < -0.4 is 9.62 Å². The van der Waals surface area contributed by atoms with Crippen molar-refractivity contribution in [1.29, 1.82) is 0 Å². The molecule has 1 atom stereocenters. The second-order valence-electron chi connectivity index (χ2n) is 9.58. The monoisotopic (exact) mass is 567 g/mol. The number of amides is 2. The molecular weight excluding hydrogens is 533 g/mol. The third kappa shape index (κ3) is 7.85. The Kier molecular flexibility index (Phi) is 10.3. The molecule has 1 aliphatic carbocycles. The first-order valence-electron chi connectivity index (χ1n) is 12.6. The molecule has 1 aliphatic rings. The Morgan fingerprint density at radius 1 is 1.08 bits per heavy atom. The largest absolute Gasteiger partial charge is 0.352 e. The minimum absolute atomic E-state index is 0.0757. The van der Waals surface area contributed by atoms with E-state index in [4.69, 9.17) is 23.2 Å². The average Bonchev–Trinajstić information content (AvgIpc) is 2.84. The molecule has 7 nitrogen and oxygen atoms in total. The summed E-state index contributed by atoms with van der Waals surface area (Å²) in [5, 5.41) is 4.06. The number of hydrogen-bond acceptors (Lipinski definition) is 4. The second kappa shape index (κ2) is 13.0. The van der Waals surface area contributed by atoms with E-state index in [9.17, 15) is 18.0 Å². The number of nitrogens with zero attached hydrogens (tertiary/aromatic N) is 2. The van der Waals surface area contributed by atoms with E-state index in [-0.39, 0.29) is 18.5 Å². The van der Waals surface area contributed by atoms with Crippen LogP contribution in [0.15, 0.2) is 42.5 Å². The van der Waals surface area contributed by atoms with Crippen molar-refractivity contribution in [3.63, 3.8) is 0 Å². The molecule has 202 valence electrons. The molecule has 3 rings (SSSR count). The summed E-state index contributed by atoms with van der Waals surface area (Å²) in [6.07, 6.45) is 6.54. The van der Waals surface area contributed by atoms with Crippen molar-refractivity contribution in [1.82, 2.24) is 10.2 Å². The highest BCUT2D eigenvalue weighted by Crippen LogP contribution is 2.27. The van der Waals surface area contributed by atoms with Gasteiger partial charge in [0, 0.05) is 22.6 Å². The quantitative estimate of drug-likeness (QED) is 0.420. The fourth-order valence-electron chi connectivity index (χ4n) is 4.77. The van der Waals surface area contributed by atoms with E-state index >= 15 is 0 Å². The van der Waals surface area contributed by atoms with Gasteiger partial charge in [0.1, 0.15) is 12.6 Å². The van der Waals surface area contributed by atoms with Crippen LogP contribution in [-0.2, 0) is 26.2 Å². The van der Waals surface area contributed by atoms with Gasteiger partial charge in [0.25, 0.3) is 0 Å². The van der Waals surface area contributed by atoms with E-state index in [2.05, 4.69) is 5.32 Å². The predicted molar refractivity (Wildman–Crippen MR) is 149 cm³/mol. The van der Waals surface area contributed by atoms with Crippen molar-refractivity contribution in [2.75, 3.05) is 17.1 Å². The molecule has 0 spiro atoms. The molecule has 0 unspecified atom stereocenters. The van der Waals surface area contributed by atoms with Gasteiger partial charge in [-0.1, -0.05) is 67.6 Å². The average molecular weight is 569 g/mol. The van der Waals surface area contributed by atoms with Crippen LogP contribution in [0.4, 0.5) is 5.69 Å². The van der Waals surface area contributed by atoms with Crippen LogP contribution in [0, 0.1) is 6.92 Å². The van der Waals surface area contributed by atoms with Crippen LogP contribution in [0.3, 0.4) is 0 Å². The number of anilines is 1. The molecule has 1 fully saturated rings. The minimum atomic E-state index is -3.82. The third-order valence-electron chi connectivity index (χ3n) is 6.74. The number of carbonyl (C=O) groups is 2. The standard InChI is InChI=1S/C27H35Cl2N3O4S/c1-4-24(27(34)30-22-11-6-5-7-12-22)31(17-20-10-8-9-13-23(20)29)26(33)18-32(37(3,35)36)25-15-14-21(28)16-19(25)2/h8-10,13-16,22,24H,4-7,11-12,17-18H2,1-3H3,(H,30,34)/t24-/m0/s1. The molecule has 2 amide bonds. The van der Waals surface area contributed by atoms with Crippen LogP contribution in [0.2, 0.25) is 10.0 Å². The van der Waals surface area contributed by atoms with E-state index in [1.165, 1.54) is 4.90 Å². The number of sulfonamides is 1. The van der Waals surface area contributed by atoms with Crippen LogP contribution >= 0.6 is 23.2 Å². The lowest BCUT2D eigenvalue weighted by atomic mass is 9.95. The molecule has 10 heteroatoms. The highest BCUT2D eigenvalue weighted by molar-refractivity contribution is 7.92. The molecule has 0 saturated heterocycles. The summed E-state index contributed by atoms with van der Waals surface area (Å²) in [5.74, 6) is -0.728. The lowest BCUT2D eigenvalue weighted by Crippen LogP contribution is -2.54. The third-order valence-corrected chi connectivity index (χ3v) is 8.47. The summed E-state index contributed by atoms with van der Waals surface area (Å²) in [5.41, 5.74) is 1.65. The molecule has 0 aliphatic heterocycles. The first-order chi connectivity index (χ1) is 17.5. The van der Waals surface area contributed by atoms with Gasteiger partial charge in [-0.25, -0.2) is 8.42 Å². The topological polar surface area (TPSA) is 86.8 Å². The van der Waals surface area contributed by atoms with E-state index in [0.717, 1.165) is 42.7 Å². The van der Waals surface area contributed by atoms with Crippen LogP contribution in [0.25, 0.3) is 0 Å². The summed E-state index contributed by atoms with van der Waals surface area (Å²) >= 11 is 12.5. The zero-order chi connectivity index (χ0) is 27.2. The molecule has 2 aromatic carbocycles. The number of rotatable bonds is 10. The van der Waals surface area contributed by atoms with Gasteiger partial charge in [0.2, 0.25) is 21.8 Å². The maximum absolute atomic E-state index is 13.8. The fourth-order valence-corrected chi connectivity index (χ4v) is 6.10. The molecule has 1 N–H and O–H groups in total. The van der Waals surface area contributed by atoms with Crippen LogP contribution in [0.1, 0.15) is 56.6 Å². The zero-order valence-corrected chi connectivity index (χ0v) is 23.9. The number of hydrogen-bond donors (Lipinski definition) is 1. The van der Waals surface area contributed by atoms with Crippen molar-refractivity contribution in [2.45, 2.75) is 71.0 Å². The summed E-state index contributed by atoms with van der Waals surface area (Å²) < 4.78 is 26.7. The minimum Gasteiger partial charge on any atom is -0.352 e. The first kappa shape index (κ1) is 29.3. The van der Waals surface area contributed by atoms with Crippen LogP contribution in [0.5, 0.6) is 0 Å². The Hall–Kier alpha value is -2.29. The Bertz CT molecular complexity index is 1220. The van der Waals surface area contributed by atoms with Gasteiger partial charge < -0.3 is 10.2 Å². The smallest absolute Gasteiger partial charge is 0.244 e. The molecule has 0 heterocycles. The van der Waals surface area contributed by atoms with Gasteiger partial charge in [-0.2, -0.15) is 0 Å². The number of carbonyl (C=O) groups excluding carboxylic acids is 2. The fraction of sp³-hybridized carbons (Fsp3) is 0.481. The Morgan fingerprint density at radius 2 is 1.76 bits per heavy atom. The number of halogens is 2. The Morgan fingerprint density at radius 3 is 2.35 bits per heavy atom. The van der Waals surface area contributed by atoms with Gasteiger partial charge in [-0.3, -0.25) is 13.9 Å². The van der Waals surface area contributed by atoms with Crippen molar-refractivity contribution in [2.24, 2.45) is 0 Å². The van der Waals surface area contributed by atoms with Gasteiger partial charge in [0.05, 0.1) is 11.9 Å². The van der Waals surface area contributed by atoms with Crippen molar-refractivity contribution < 1.29 is 18.0 Å². The molecule has 0 radical (unpaired) electrons. The van der Waals surface area contributed by atoms with Gasteiger partial charge in [-0.15, -0.1) is 0 Å². The summed E-state index contributed by atoms with van der Waals surface area (Å²) in [7, 11) is -3.82. The van der Waals surface area contributed by atoms with Gasteiger partial charge in [-0.05, 0) is 61.6 Å². The van der Waals surface area contributed by atoms with E-state index in [0.29, 0.717) is 33.3 Å². The normalized spacial score (nSPS) is 15.2. The Balaban J connectivity index is 1.94. The highest BCUT2D eigenvalue weighted by atomic mass is 35.5. The highest BCUT2D eigenvalue weighted by Gasteiger charge is 2.33. The lowest BCUT2D eigenvalue weighted by molar-refractivity contribution is -0.140. The van der Waals surface area contributed by atoms with E-state index in [1.807, 2.05) is 13.0 Å². The molecule has 2 aromatic rings. The predicted octanol–water partition coefficient (Wildman–Crippen LogP) is 5.32. The van der Waals surface area contributed by atoms with E-state index < -0.39 is 28.5 Å². The SMILES string of the molecule is CC[C@@H](C(=O)NC1CCCCC1)N(Cc1ccccc1Cl)C(=O)CN(c1ccc(Cl)cc1C)S(C)(=O)=O. The second-order valence-corrected chi connectivity index (χ2v) is 12.3. The lowest BCUT2D eigenvalue weighted by Gasteiger charge is -2.34. The number of benzene rings is 2. The van der Waals surface area contributed by atoms with Crippen molar-refractivity contribution in [3.05, 3.63) is 63.6 Å². The van der Waals surface area contributed by atoms with Gasteiger partial charge in [0.15, 0.2) is 0 Å². The molecule has 0 aromatic heterocycles. The summed E-state index contributed by atoms with van der Waals surface area (Å²) in [4.78, 5) is 28.7. The van der Waals surface area contributed by atoms with Gasteiger partial charge >= 0.3 is 0 Å². The molecule has 1 saturated carbocycles. The number of aryl methyl sites for hydroxylation is 1. The van der Waals surface area contributed by atoms with E-state index in [1.54, 1.807) is 43.3 Å². The van der Waals surface area contributed by atoms with Crippen molar-refractivity contribution in [3.8, 4) is 0 Å². The molecular formula is C27H35Cl2N3O4S. The maximum Gasteiger partial charge on any atom is 0.244 e. The first-order valence-corrected chi connectivity index (χ1v) is 15.2. The molecule has 37 heavy (non-hydrogen) atoms.